The Morgan fingerprint density at radius 1 is 0.976 bits per heavy atom. The van der Waals surface area contributed by atoms with Gasteiger partial charge in [0.1, 0.15) is 18.1 Å². The first-order chi connectivity index (χ1) is 20.0. The average molecular weight is 563 g/mol. The topological polar surface area (TPSA) is 65.4 Å². The van der Waals surface area contributed by atoms with Crippen LogP contribution in [-0.2, 0) is 19.4 Å². The van der Waals surface area contributed by atoms with Gasteiger partial charge in [-0.1, -0.05) is 31.0 Å². The number of aryl methyl sites for hydroxylation is 1. The maximum atomic E-state index is 15.1. The fraction of sp³-hybridized carbons (Fsp3) is 0.471. The Hall–Kier alpha value is -3.29. The van der Waals surface area contributed by atoms with E-state index < -0.39 is 0 Å². The molecular weight excluding hydrogens is 519 g/mol. The van der Waals surface area contributed by atoms with Crippen LogP contribution >= 0.6 is 0 Å². The lowest BCUT2D eigenvalue weighted by Crippen LogP contribution is -2.29. The second kappa shape index (κ2) is 14.1. The van der Waals surface area contributed by atoms with Crippen LogP contribution in [0.4, 0.5) is 10.1 Å². The van der Waals surface area contributed by atoms with Crippen LogP contribution < -0.4 is 14.4 Å². The Balaban J connectivity index is 1.31. The Kier molecular flexibility index (Phi) is 10.0. The van der Waals surface area contributed by atoms with E-state index >= 15 is 4.39 Å². The molecule has 0 bridgehead atoms. The number of ether oxygens (including phenoxy) is 2. The van der Waals surface area contributed by atoms with Crippen molar-refractivity contribution in [2.45, 2.75) is 57.4 Å². The molecule has 7 heteroatoms. The van der Waals surface area contributed by atoms with Crippen molar-refractivity contribution in [1.82, 2.24) is 4.90 Å². The molecule has 1 aliphatic heterocycles. The van der Waals surface area contributed by atoms with E-state index in [1.807, 2.05) is 30.3 Å². The minimum absolute atomic E-state index is 0.0242. The molecule has 2 N–H and O–H groups in total. The van der Waals surface area contributed by atoms with Gasteiger partial charge in [-0.3, -0.25) is 4.90 Å². The highest BCUT2D eigenvalue weighted by atomic mass is 19.1. The molecule has 6 nitrogen and oxygen atoms in total. The number of nitrogens with zero attached hydrogens (tertiary/aromatic N) is 2. The van der Waals surface area contributed by atoms with Crippen molar-refractivity contribution in [2.24, 2.45) is 0 Å². The minimum atomic E-state index is -0.361. The highest BCUT2D eigenvalue weighted by Crippen LogP contribution is 2.40. The molecule has 0 radical (unpaired) electrons. The Morgan fingerprint density at radius 2 is 1.80 bits per heavy atom. The van der Waals surface area contributed by atoms with Crippen LogP contribution in [0.2, 0.25) is 0 Å². The van der Waals surface area contributed by atoms with Crippen LogP contribution in [0, 0.1) is 5.82 Å². The van der Waals surface area contributed by atoms with Gasteiger partial charge in [-0.25, -0.2) is 4.39 Å². The molecule has 0 amide bonds. The molecule has 1 atom stereocenters. The average Bonchev–Trinajstić information content (AvgIpc) is 3.26. The van der Waals surface area contributed by atoms with Gasteiger partial charge in [0.2, 0.25) is 0 Å². The van der Waals surface area contributed by atoms with E-state index in [2.05, 4.69) is 15.9 Å². The lowest BCUT2D eigenvalue weighted by atomic mass is 9.79. The Labute approximate surface area is 243 Å². The normalized spacial score (nSPS) is 17.5. The number of fused-ring (bicyclic) bond motifs is 1. The first-order valence-corrected chi connectivity index (χ1v) is 15.0. The monoisotopic (exact) mass is 562 g/mol. The fourth-order valence-electron chi connectivity index (χ4n) is 6.31. The molecule has 1 saturated heterocycles. The molecule has 0 spiro atoms. The van der Waals surface area contributed by atoms with Gasteiger partial charge in [-0.05, 0) is 104 Å². The summed E-state index contributed by atoms with van der Waals surface area (Å²) in [7, 11) is 1.65. The Morgan fingerprint density at radius 3 is 2.56 bits per heavy atom. The third kappa shape index (κ3) is 7.52. The first kappa shape index (κ1) is 29.2. The lowest BCUT2D eigenvalue weighted by Gasteiger charge is -2.32. The number of aliphatic hydroxyl groups excluding tert-OH is 1. The van der Waals surface area contributed by atoms with Crippen molar-refractivity contribution in [1.29, 1.82) is 0 Å². The van der Waals surface area contributed by atoms with Crippen molar-refractivity contribution in [3.05, 3.63) is 82.7 Å². The molecule has 0 unspecified atom stereocenters. The van der Waals surface area contributed by atoms with E-state index in [9.17, 15) is 10.2 Å². The lowest BCUT2D eigenvalue weighted by molar-refractivity contribution is 0.209. The summed E-state index contributed by atoms with van der Waals surface area (Å²) in [5, 5.41) is 19.9. The highest BCUT2D eigenvalue weighted by Gasteiger charge is 2.25. The quantitative estimate of drug-likeness (QED) is 0.296. The van der Waals surface area contributed by atoms with Crippen LogP contribution in [0.1, 0.15) is 60.3 Å². The van der Waals surface area contributed by atoms with E-state index in [4.69, 9.17) is 9.47 Å². The molecule has 2 aliphatic rings. The third-order valence-corrected chi connectivity index (χ3v) is 8.54. The zero-order valence-corrected chi connectivity index (χ0v) is 24.2. The molecular formula is C34H43FN2O4. The molecule has 220 valence electrons. The van der Waals surface area contributed by atoms with Gasteiger partial charge in [0.15, 0.2) is 11.6 Å². The molecule has 1 heterocycles. The number of anilines is 1. The number of hydrogen-bond donors (Lipinski definition) is 2. The second-order valence-electron chi connectivity index (χ2n) is 11.3. The van der Waals surface area contributed by atoms with E-state index in [0.717, 1.165) is 55.9 Å². The number of hydrogen-bond acceptors (Lipinski definition) is 6. The highest BCUT2D eigenvalue weighted by molar-refractivity contribution is 5.60. The fourth-order valence-corrected chi connectivity index (χ4v) is 6.31. The van der Waals surface area contributed by atoms with Crippen LogP contribution in [0.15, 0.2) is 54.6 Å². The summed E-state index contributed by atoms with van der Waals surface area (Å²) < 4.78 is 26.5. The van der Waals surface area contributed by atoms with E-state index in [-0.39, 0.29) is 24.1 Å². The van der Waals surface area contributed by atoms with Crippen LogP contribution in [-0.4, -0.2) is 61.6 Å². The van der Waals surface area contributed by atoms with Gasteiger partial charge in [-0.15, -0.1) is 0 Å². The van der Waals surface area contributed by atoms with Crippen molar-refractivity contribution in [2.75, 3.05) is 51.4 Å². The minimum Gasteiger partial charge on any atom is -0.508 e. The van der Waals surface area contributed by atoms with Gasteiger partial charge in [0, 0.05) is 31.4 Å². The van der Waals surface area contributed by atoms with Crippen LogP contribution in [0.3, 0.4) is 0 Å². The van der Waals surface area contributed by atoms with Crippen LogP contribution in [0.25, 0.3) is 0 Å². The standard InChI is InChI=1S/C34H43FN2O4/c1-40-30-11-12-31(28-8-7-27-22-29(39)10-9-26(27)21-28)33(23-30)37(16-18-38)24-25-6-13-34(32(35)20-25)41-19-17-36-14-4-2-3-5-15-36/h6,9-13,20,22-23,28,38-39H,2-5,7-8,14-19,21,24H2,1H3/t28-/m1/s1. The molecule has 1 aliphatic carbocycles. The summed E-state index contributed by atoms with van der Waals surface area (Å²) in [4.78, 5) is 4.52. The van der Waals surface area contributed by atoms with E-state index in [0.29, 0.717) is 25.4 Å². The van der Waals surface area contributed by atoms with Crippen molar-refractivity contribution in [3.63, 3.8) is 0 Å². The molecule has 0 aromatic heterocycles. The molecule has 3 aromatic carbocycles. The number of likely N-dealkylation sites (tertiary alicyclic amines) is 1. The maximum absolute atomic E-state index is 15.1. The van der Waals surface area contributed by atoms with E-state index in [1.54, 1.807) is 25.3 Å². The maximum Gasteiger partial charge on any atom is 0.165 e. The predicted octanol–water partition coefficient (Wildman–Crippen LogP) is 6.07. The molecule has 41 heavy (non-hydrogen) atoms. The van der Waals surface area contributed by atoms with Gasteiger partial charge >= 0.3 is 0 Å². The van der Waals surface area contributed by atoms with Crippen molar-refractivity contribution in [3.8, 4) is 17.2 Å². The van der Waals surface area contributed by atoms with Crippen LogP contribution in [0.5, 0.6) is 17.2 Å². The SMILES string of the molecule is COc1ccc([C@@H]2CCc3cc(O)ccc3C2)c(N(CCO)Cc2ccc(OCCN3CCCCCC3)c(F)c2)c1. The number of aliphatic hydroxyl groups is 1. The largest absolute Gasteiger partial charge is 0.508 e. The van der Waals surface area contributed by atoms with Crippen molar-refractivity contribution < 1.29 is 24.1 Å². The molecule has 5 rings (SSSR count). The van der Waals surface area contributed by atoms with E-state index in [1.165, 1.54) is 42.4 Å². The number of aromatic hydroxyl groups is 1. The third-order valence-electron chi connectivity index (χ3n) is 8.54. The van der Waals surface area contributed by atoms with Crippen molar-refractivity contribution >= 4 is 5.69 Å². The summed E-state index contributed by atoms with van der Waals surface area (Å²) in [5.74, 6) is 1.26. The van der Waals surface area contributed by atoms with Gasteiger partial charge in [0.25, 0.3) is 0 Å². The number of benzene rings is 3. The molecule has 0 saturated carbocycles. The van der Waals surface area contributed by atoms with Gasteiger partial charge in [-0.2, -0.15) is 0 Å². The van der Waals surface area contributed by atoms with Gasteiger partial charge in [0.05, 0.1) is 13.7 Å². The number of methoxy groups -OCH3 is 1. The summed E-state index contributed by atoms with van der Waals surface area (Å²) in [6.45, 7) is 4.31. The molecule has 3 aromatic rings. The number of rotatable bonds is 11. The summed E-state index contributed by atoms with van der Waals surface area (Å²) in [6.07, 6.45) is 7.75. The Bertz CT molecular complexity index is 1290. The summed E-state index contributed by atoms with van der Waals surface area (Å²) in [5.41, 5.74) is 5.44. The number of phenols is 1. The smallest absolute Gasteiger partial charge is 0.165 e. The number of phenolic OH excluding ortho intramolecular Hbond substituents is 1. The zero-order chi connectivity index (χ0) is 28.6. The summed E-state index contributed by atoms with van der Waals surface area (Å²) in [6, 6.07) is 17.0. The van der Waals surface area contributed by atoms with Gasteiger partial charge < -0.3 is 24.6 Å². The number of halogens is 1. The first-order valence-electron chi connectivity index (χ1n) is 15.0. The zero-order valence-electron chi connectivity index (χ0n) is 24.2. The summed E-state index contributed by atoms with van der Waals surface area (Å²) >= 11 is 0. The molecule has 1 fully saturated rings. The second-order valence-corrected chi connectivity index (χ2v) is 11.3. The predicted molar refractivity (Wildman–Crippen MR) is 161 cm³/mol.